The Bertz CT molecular complexity index is 1250. The fourth-order valence-corrected chi connectivity index (χ4v) is 3.25. The minimum Gasteiger partial charge on any atom is -0.493 e. The van der Waals surface area contributed by atoms with Gasteiger partial charge in [-0.2, -0.15) is 13.2 Å². The van der Waals surface area contributed by atoms with E-state index in [1.54, 1.807) is 42.7 Å². The minimum absolute atomic E-state index is 0.103. The summed E-state index contributed by atoms with van der Waals surface area (Å²) in [5.41, 5.74) is -0.351. The van der Waals surface area contributed by atoms with Crippen LogP contribution in [0.5, 0.6) is 5.75 Å². The lowest BCUT2D eigenvalue weighted by molar-refractivity contribution is -0.138. The number of hydrogen-bond donors (Lipinski definition) is 3. The van der Waals surface area contributed by atoms with Gasteiger partial charge in [-0.15, -0.1) is 0 Å². The van der Waals surface area contributed by atoms with Crippen molar-refractivity contribution in [3.05, 3.63) is 72.1 Å². The lowest BCUT2D eigenvalue weighted by atomic mass is 10.0. The number of nitrogens with zero attached hydrogens (tertiary/aromatic N) is 1. The quantitative estimate of drug-likeness (QED) is 0.287. The summed E-state index contributed by atoms with van der Waals surface area (Å²) in [5, 5.41) is 13.2. The Balaban J connectivity index is 1.85. The van der Waals surface area contributed by atoms with Gasteiger partial charge in [-0.25, -0.2) is 4.79 Å². The topological polar surface area (TPSA) is 118 Å². The van der Waals surface area contributed by atoms with Crippen LogP contribution in [0.25, 0.3) is 11.1 Å². The van der Waals surface area contributed by atoms with Crippen LogP contribution >= 0.6 is 0 Å². The zero-order valence-electron chi connectivity index (χ0n) is 18.3. The van der Waals surface area contributed by atoms with Gasteiger partial charge in [-0.3, -0.25) is 19.9 Å². The normalized spacial score (nSPS) is 11.0. The molecule has 1 heterocycles. The van der Waals surface area contributed by atoms with Crippen LogP contribution in [0.15, 0.2) is 60.9 Å². The molecule has 182 valence electrons. The summed E-state index contributed by atoms with van der Waals surface area (Å²) in [5.74, 6) is -2.11. The molecule has 0 aliphatic heterocycles. The fraction of sp³-hybridized carbons (Fsp3) is 0.167. The lowest BCUT2D eigenvalue weighted by Crippen LogP contribution is -2.20. The number of nitrogens with one attached hydrogen (secondary N) is 2. The van der Waals surface area contributed by atoms with Crippen molar-refractivity contribution in [3.63, 3.8) is 0 Å². The average molecular weight is 487 g/mol. The van der Waals surface area contributed by atoms with Gasteiger partial charge < -0.3 is 15.2 Å². The molecule has 0 unspecified atom stereocenters. The highest BCUT2D eigenvalue weighted by Crippen LogP contribution is 2.41. The largest absolute Gasteiger partial charge is 0.493 e. The molecule has 0 saturated heterocycles. The summed E-state index contributed by atoms with van der Waals surface area (Å²) in [7, 11) is 0. The second kappa shape index (κ2) is 10.7. The second-order valence-corrected chi connectivity index (χ2v) is 7.23. The Morgan fingerprint density at radius 2 is 1.71 bits per heavy atom. The number of aromatic nitrogens is 1. The number of halogens is 3. The summed E-state index contributed by atoms with van der Waals surface area (Å²) >= 11 is 0. The number of amides is 2. The van der Waals surface area contributed by atoms with Gasteiger partial charge in [-0.05, 0) is 30.7 Å². The average Bonchev–Trinajstić information content (AvgIpc) is 2.80. The van der Waals surface area contributed by atoms with Gasteiger partial charge in [0.15, 0.2) is 5.78 Å². The van der Waals surface area contributed by atoms with E-state index in [9.17, 15) is 27.6 Å². The predicted molar refractivity (Wildman–Crippen MR) is 122 cm³/mol. The van der Waals surface area contributed by atoms with Crippen molar-refractivity contribution in [2.75, 3.05) is 17.2 Å². The van der Waals surface area contributed by atoms with Crippen molar-refractivity contribution < 1.29 is 37.4 Å². The molecule has 0 aliphatic carbocycles. The number of ether oxygens (including phenoxy) is 1. The SMILES string of the molecule is CCOc1cc(NC(=O)O)c(NC(=O)CC(=O)c2cccc(-c3cccnc3)c2)cc1C(F)(F)F. The molecule has 1 aromatic heterocycles. The number of rotatable bonds is 8. The molecule has 0 atom stereocenters. The van der Waals surface area contributed by atoms with E-state index >= 15 is 0 Å². The van der Waals surface area contributed by atoms with E-state index in [2.05, 4.69) is 10.3 Å². The Labute approximate surface area is 197 Å². The standard InChI is InChI=1S/C24H20F3N3O5/c1-2-35-21-11-19(30-23(33)34)18(10-17(21)24(25,26)27)29-22(32)12-20(31)15-6-3-5-14(9-15)16-7-4-8-28-13-16/h3-11,13,30H,2,12H2,1H3,(H,29,32)(H,33,34). The third kappa shape index (κ3) is 6.56. The zero-order chi connectivity index (χ0) is 25.6. The Morgan fingerprint density at radius 1 is 1.00 bits per heavy atom. The molecule has 0 saturated carbocycles. The molecule has 0 bridgehead atoms. The molecule has 2 aromatic carbocycles. The maximum absolute atomic E-state index is 13.5. The summed E-state index contributed by atoms with van der Waals surface area (Å²) in [6.45, 7) is 1.36. The molecule has 3 aromatic rings. The first-order valence-electron chi connectivity index (χ1n) is 10.3. The predicted octanol–water partition coefficient (Wildman–Crippen LogP) is 5.47. The van der Waals surface area contributed by atoms with Gasteiger partial charge in [0.1, 0.15) is 5.75 Å². The lowest BCUT2D eigenvalue weighted by Gasteiger charge is -2.18. The number of Topliss-reactive ketones (excluding diaryl/α,β-unsaturated/α-hetero) is 1. The van der Waals surface area contributed by atoms with E-state index in [1.807, 2.05) is 5.32 Å². The van der Waals surface area contributed by atoms with Crippen molar-refractivity contribution in [2.24, 2.45) is 0 Å². The third-order valence-electron chi connectivity index (χ3n) is 4.74. The van der Waals surface area contributed by atoms with Crippen LogP contribution in [-0.4, -0.2) is 34.5 Å². The molecule has 11 heteroatoms. The highest BCUT2D eigenvalue weighted by Gasteiger charge is 2.36. The van der Waals surface area contributed by atoms with E-state index in [4.69, 9.17) is 9.84 Å². The van der Waals surface area contributed by atoms with Gasteiger partial charge in [0.25, 0.3) is 0 Å². The van der Waals surface area contributed by atoms with Gasteiger partial charge >= 0.3 is 12.3 Å². The smallest absolute Gasteiger partial charge is 0.420 e. The van der Waals surface area contributed by atoms with Crippen LogP contribution in [-0.2, 0) is 11.0 Å². The molecule has 8 nitrogen and oxygen atoms in total. The van der Waals surface area contributed by atoms with Crippen molar-refractivity contribution in [2.45, 2.75) is 19.5 Å². The molecule has 0 aliphatic rings. The highest BCUT2D eigenvalue weighted by molar-refractivity contribution is 6.12. The van der Waals surface area contributed by atoms with E-state index in [0.717, 1.165) is 11.6 Å². The molecule has 35 heavy (non-hydrogen) atoms. The first-order valence-corrected chi connectivity index (χ1v) is 10.3. The monoisotopic (exact) mass is 487 g/mol. The van der Waals surface area contributed by atoms with E-state index in [1.165, 1.54) is 13.0 Å². The molecule has 2 amide bonds. The molecule has 3 rings (SSSR count). The van der Waals surface area contributed by atoms with E-state index in [-0.39, 0.29) is 17.9 Å². The number of benzene rings is 2. The number of carbonyl (C=O) groups excluding carboxylic acids is 2. The minimum atomic E-state index is -4.84. The molecule has 0 radical (unpaired) electrons. The molecule has 0 fully saturated rings. The zero-order valence-corrected chi connectivity index (χ0v) is 18.3. The Hall–Kier alpha value is -4.41. The van der Waals surface area contributed by atoms with Crippen molar-refractivity contribution in [3.8, 4) is 16.9 Å². The van der Waals surface area contributed by atoms with Crippen LogP contribution < -0.4 is 15.4 Å². The van der Waals surface area contributed by atoms with Gasteiger partial charge in [0, 0.05) is 29.6 Å². The molecule has 0 spiro atoms. The number of carboxylic acid groups (broad SMARTS) is 1. The number of hydrogen-bond acceptors (Lipinski definition) is 5. The van der Waals surface area contributed by atoms with Crippen molar-refractivity contribution >= 4 is 29.2 Å². The number of alkyl halides is 3. The van der Waals surface area contributed by atoms with Crippen molar-refractivity contribution in [1.29, 1.82) is 0 Å². The van der Waals surface area contributed by atoms with Crippen LogP contribution in [0.2, 0.25) is 0 Å². The molecular weight excluding hydrogens is 467 g/mol. The van der Waals surface area contributed by atoms with E-state index < -0.39 is 47.4 Å². The maximum atomic E-state index is 13.5. The number of pyridine rings is 1. The van der Waals surface area contributed by atoms with E-state index in [0.29, 0.717) is 11.6 Å². The van der Waals surface area contributed by atoms with Crippen molar-refractivity contribution in [1.82, 2.24) is 4.98 Å². The van der Waals surface area contributed by atoms with Gasteiger partial charge in [0.05, 0.1) is 30.0 Å². The maximum Gasteiger partial charge on any atom is 0.420 e. The number of carbonyl (C=O) groups is 3. The summed E-state index contributed by atoms with van der Waals surface area (Å²) < 4.78 is 45.5. The summed E-state index contributed by atoms with van der Waals surface area (Å²) in [4.78, 5) is 40.3. The van der Waals surface area contributed by atoms with Crippen LogP contribution in [0, 0.1) is 0 Å². The fourth-order valence-electron chi connectivity index (χ4n) is 3.25. The van der Waals surface area contributed by atoms with Gasteiger partial charge in [-0.1, -0.05) is 24.3 Å². The first-order chi connectivity index (χ1) is 16.6. The summed E-state index contributed by atoms with van der Waals surface area (Å²) in [6.07, 6.45) is -3.88. The van der Waals surface area contributed by atoms with Crippen LogP contribution in [0.4, 0.5) is 29.3 Å². The number of ketones is 1. The third-order valence-corrected chi connectivity index (χ3v) is 4.74. The highest BCUT2D eigenvalue weighted by atomic mass is 19.4. The number of anilines is 2. The molecule has 3 N–H and O–H groups in total. The summed E-state index contributed by atoms with van der Waals surface area (Å²) in [6, 6.07) is 11.4. The first kappa shape index (κ1) is 25.2. The second-order valence-electron chi connectivity index (χ2n) is 7.23. The Kier molecular flexibility index (Phi) is 7.69. The van der Waals surface area contributed by atoms with Crippen LogP contribution in [0.1, 0.15) is 29.3 Å². The van der Waals surface area contributed by atoms with Crippen LogP contribution in [0.3, 0.4) is 0 Å². The van der Waals surface area contributed by atoms with Gasteiger partial charge in [0.2, 0.25) is 5.91 Å². The Morgan fingerprint density at radius 3 is 2.34 bits per heavy atom. The molecular formula is C24H20F3N3O5.